The molecule has 0 aromatic carbocycles. The van der Waals surface area contributed by atoms with Gasteiger partial charge in [-0.15, -0.1) is 0 Å². The predicted octanol–water partition coefficient (Wildman–Crippen LogP) is 4.97. The largest absolute Gasteiger partial charge is 0.444 e. The van der Waals surface area contributed by atoms with Crippen molar-refractivity contribution in [3.05, 3.63) is 47.8 Å². The van der Waals surface area contributed by atoms with Crippen LogP contribution < -0.4 is 16.0 Å². The Morgan fingerprint density at radius 3 is 1.81 bits per heavy atom. The third-order valence-electron chi connectivity index (χ3n) is 5.88. The van der Waals surface area contributed by atoms with Crippen molar-refractivity contribution in [2.24, 2.45) is 0 Å². The first-order valence-electron chi connectivity index (χ1n) is 13.5. The van der Waals surface area contributed by atoms with Gasteiger partial charge in [-0.1, -0.05) is 27.0 Å². The molecule has 3 N–H and O–H groups in total. The Morgan fingerprint density at radius 2 is 1.34 bits per heavy atom. The Hall–Kier alpha value is -4.03. The second-order valence-electron chi connectivity index (χ2n) is 10.6. The molecular weight excluding hydrogens is 642 g/mol. The lowest BCUT2D eigenvalue weighted by Gasteiger charge is -2.35. The van der Waals surface area contributed by atoms with Gasteiger partial charge in [-0.2, -0.15) is 26.3 Å². The summed E-state index contributed by atoms with van der Waals surface area (Å²) in [5.41, 5.74) is -2.92. The minimum absolute atomic E-state index is 0. The van der Waals surface area contributed by atoms with Crippen molar-refractivity contribution in [3.63, 3.8) is 0 Å². The number of halogens is 6. The third-order valence-corrected chi connectivity index (χ3v) is 5.88. The molecule has 4 heterocycles. The van der Waals surface area contributed by atoms with E-state index < -0.39 is 59.3 Å². The number of nitrogens with zero attached hydrogens (tertiary/aromatic N) is 3. The number of carbonyl (C=O) groups excluding carboxylic acids is 3. The molecule has 2 aromatic heterocycles. The average molecular weight is 683 g/mol. The second kappa shape index (κ2) is 17.2. The quantitative estimate of drug-likeness (QED) is 0.381. The first kappa shape index (κ1) is 41.0. The number of pyridine rings is 2. The van der Waals surface area contributed by atoms with E-state index in [-0.39, 0.29) is 52.9 Å². The van der Waals surface area contributed by atoms with E-state index in [1.54, 1.807) is 20.8 Å². The number of nitrogens with one attached hydrogen (secondary N) is 3. The fourth-order valence-corrected chi connectivity index (χ4v) is 3.84. The molecule has 0 bridgehead atoms. The van der Waals surface area contributed by atoms with Gasteiger partial charge in [-0.3, -0.25) is 14.5 Å². The van der Waals surface area contributed by atoms with E-state index in [1.165, 1.54) is 23.1 Å². The summed E-state index contributed by atoms with van der Waals surface area (Å²) in [7, 11) is 0. The van der Waals surface area contributed by atoms with Crippen molar-refractivity contribution in [1.82, 2.24) is 20.2 Å². The zero-order chi connectivity index (χ0) is 33.4. The van der Waals surface area contributed by atoms with Crippen LogP contribution in [-0.4, -0.2) is 90.0 Å². The summed E-state index contributed by atoms with van der Waals surface area (Å²) >= 11 is 0. The summed E-state index contributed by atoms with van der Waals surface area (Å²) in [6.07, 6.45) is -9.86. The van der Waals surface area contributed by atoms with Crippen LogP contribution in [0.4, 0.5) is 42.8 Å². The topological polar surface area (TPSA) is 144 Å². The van der Waals surface area contributed by atoms with Gasteiger partial charge in [0.25, 0.3) is 5.91 Å². The summed E-state index contributed by atoms with van der Waals surface area (Å²) in [5, 5.41) is 7.52. The van der Waals surface area contributed by atoms with E-state index >= 15 is 0 Å². The first-order chi connectivity index (χ1) is 20.9. The average Bonchev–Trinajstić information content (AvgIpc) is 2.96. The molecule has 3 amide bonds. The van der Waals surface area contributed by atoms with E-state index in [9.17, 15) is 40.7 Å². The lowest BCUT2D eigenvalue weighted by molar-refractivity contribution is -0.141. The lowest BCUT2D eigenvalue weighted by Crippen LogP contribution is -2.55. The molecule has 0 radical (unpaired) electrons. The molecule has 2 aliphatic heterocycles. The molecule has 4 rings (SSSR count). The Morgan fingerprint density at radius 1 is 0.830 bits per heavy atom. The molecule has 12 nitrogen and oxygen atoms in total. The molecule has 0 saturated carbocycles. The van der Waals surface area contributed by atoms with Gasteiger partial charge in [0, 0.05) is 13.1 Å². The fourth-order valence-electron chi connectivity index (χ4n) is 3.84. The van der Waals surface area contributed by atoms with E-state index in [2.05, 4.69) is 25.9 Å². The van der Waals surface area contributed by atoms with E-state index in [1.807, 2.05) is 0 Å². The van der Waals surface area contributed by atoms with Crippen molar-refractivity contribution >= 4 is 29.5 Å². The molecule has 18 heteroatoms. The molecular formula is C29H40F6N6O6. The number of rotatable bonds is 4. The number of amides is 3. The number of hydrogen-bond acceptors (Lipinski definition) is 9. The molecule has 0 unspecified atom stereocenters. The molecule has 0 aliphatic carbocycles. The summed E-state index contributed by atoms with van der Waals surface area (Å²) < 4.78 is 91.1. The van der Waals surface area contributed by atoms with Crippen LogP contribution >= 0.6 is 0 Å². The highest BCUT2D eigenvalue weighted by atomic mass is 19.4. The molecule has 2 saturated heterocycles. The maximum atomic E-state index is 12.7. The highest BCUT2D eigenvalue weighted by molar-refractivity contribution is 5.96. The standard InChI is InChI=1S/C16H20F3N3O4.C11H12F3N3O2.2CH4/c1-15(2,3)26-14(24)22-7-8-25-9-10(22)13(23)21-12-6-4-5-11(20-12)16(17,18)19;12-11(13,14)8-2-1-3-9(16-8)17-10(18)7-6-19-5-4-15-7;;/h4-6,10H,7-9H2,1-3H3,(H,20,21,23);1-3,7,15H,4-6H2,(H,16,17,18);2*1H4/t10-;7-;;/m00../s1. The van der Waals surface area contributed by atoms with Crippen LogP contribution in [0.3, 0.4) is 0 Å². The van der Waals surface area contributed by atoms with Gasteiger partial charge in [-0.25, -0.2) is 14.8 Å². The second-order valence-corrected chi connectivity index (χ2v) is 10.6. The number of ether oxygens (including phenoxy) is 3. The Kier molecular flexibility index (Phi) is 15.0. The van der Waals surface area contributed by atoms with E-state index in [4.69, 9.17) is 14.2 Å². The summed E-state index contributed by atoms with van der Waals surface area (Å²) in [6, 6.07) is 4.89. The van der Waals surface area contributed by atoms with Crippen LogP contribution in [0.15, 0.2) is 36.4 Å². The third kappa shape index (κ3) is 12.9. The van der Waals surface area contributed by atoms with Crippen LogP contribution in [-0.2, 0) is 36.2 Å². The monoisotopic (exact) mass is 682 g/mol. The molecule has 2 atom stereocenters. The summed E-state index contributed by atoms with van der Waals surface area (Å²) in [4.78, 5) is 44.4. The van der Waals surface area contributed by atoms with Gasteiger partial charge in [-0.05, 0) is 45.0 Å². The summed E-state index contributed by atoms with van der Waals surface area (Å²) in [6.45, 7) is 6.54. The Labute approximate surface area is 268 Å². The van der Waals surface area contributed by atoms with Crippen LogP contribution in [0.5, 0.6) is 0 Å². The number of anilines is 2. The van der Waals surface area contributed by atoms with Crippen molar-refractivity contribution in [2.75, 3.05) is 50.2 Å². The predicted molar refractivity (Wildman–Crippen MR) is 159 cm³/mol. The number of morpholine rings is 2. The van der Waals surface area contributed by atoms with Gasteiger partial charge < -0.3 is 30.2 Å². The minimum Gasteiger partial charge on any atom is -0.444 e. The molecule has 47 heavy (non-hydrogen) atoms. The fraction of sp³-hybridized carbons (Fsp3) is 0.552. The van der Waals surface area contributed by atoms with E-state index in [0.29, 0.717) is 13.2 Å². The lowest BCUT2D eigenvalue weighted by atomic mass is 10.2. The Balaban J connectivity index is 0.000000470. The zero-order valence-electron chi connectivity index (χ0n) is 24.4. The van der Waals surface area contributed by atoms with Crippen molar-refractivity contribution in [3.8, 4) is 0 Å². The van der Waals surface area contributed by atoms with Crippen molar-refractivity contribution in [1.29, 1.82) is 0 Å². The molecule has 0 spiro atoms. The maximum absolute atomic E-state index is 12.7. The van der Waals surface area contributed by atoms with Gasteiger partial charge in [0.2, 0.25) is 5.91 Å². The minimum atomic E-state index is -4.63. The molecule has 2 aliphatic rings. The summed E-state index contributed by atoms with van der Waals surface area (Å²) in [5.74, 6) is -1.57. The SMILES string of the molecule is C.C.CC(C)(C)OC(=O)N1CCOC[C@H]1C(=O)Nc1cccc(C(F)(F)F)n1.O=C(Nc1cccc(C(F)(F)F)n1)[C@@H]1COCCN1. The van der Waals surface area contributed by atoms with Crippen LogP contribution in [0.25, 0.3) is 0 Å². The maximum Gasteiger partial charge on any atom is 0.433 e. The van der Waals surface area contributed by atoms with E-state index in [0.717, 1.165) is 18.2 Å². The van der Waals surface area contributed by atoms with Crippen molar-refractivity contribution < 1.29 is 54.9 Å². The van der Waals surface area contributed by atoms with Gasteiger partial charge >= 0.3 is 18.4 Å². The molecule has 264 valence electrons. The smallest absolute Gasteiger partial charge is 0.433 e. The van der Waals surface area contributed by atoms with Crippen LogP contribution in [0.2, 0.25) is 0 Å². The first-order valence-corrected chi connectivity index (χ1v) is 13.5. The number of alkyl halides is 6. The van der Waals surface area contributed by atoms with Gasteiger partial charge in [0.1, 0.15) is 40.7 Å². The number of aromatic nitrogens is 2. The number of hydrogen-bond donors (Lipinski definition) is 3. The Bertz CT molecular complexity index is 1330. The van der Waals surface area contributed by atoms with Gasteiger partial charge in [0.15, 0.2) is 0 Å². The zero-order valence-corrected chi connectivity index (χ0v) is 24.4. The van der Waals surface area contributed by atoms with Crippen LogP contribution in [0.1, 0.15) is 47.0 Å². The van der Waals surface area contributed by atoms with Gasteiger partial charge in [0.05, 0.1) is 26.4 Å². The van der Waals surface area contributed by atoms with Crippen molar-refractivity contribution in [2.45, 2.75) is 65.7 Å². The normalized spacial score (nSPS) is 18.3. The molecule has 2 aromatic rings. The molecule has 2 fully saturated rings. The highest BCUT2D eigenvalue weighted by Gasteiger charge is 2.37. The van der Waals surface area contributed by atoms with Crippen LogP contribution in [0, 0.1) is 0 Å². The number of carbonyl (C=O) groups is 3. The highest BCUT2D eigenvalue weighted by Crippen LogP contribution is 2.29.